The number of rotatable bonds is 5. The standard InChI is InChI=1S/C36H24N2.C30H20N2.CH4BP/c1-5-13-33-29(9-1)30-10-2-6-14-34(30)37(33)27-21-17-25(18-22-27)26-19-23-28(24-20-26)38-35-15-7-3-11-31(35)32-12-4-8-16-36(32)38;1-5-16-27-23(12-1)24-13-2-6-17-28(24)31(27)21-10-9-11-22(20-21)32-29-18-7-3-14-25(29)26-15-4-8-19-30(26)32;2-1-3/h1-24H;1-20H;1,3H2. The highest BCUT2D eigenvalue weighted by Gasteiger charge is 2.17. The van der Waals surface area contributed by atoms with Gasteiger partial charge in [-0.25, -0.2) is 0 Å². The van der Waals surface area contributed by atoms with E-state index in [9.17, 15) is 0 Å². The van der Waals surface area contributed by atoms with Crippen molar-refractivity contribution in [3.05, 3.63) is 267 Å². The first-order valence-electron chi connectivity index (χ1n) is 24.8. The molecule has 15 aromatic rings. The zero-order valence-corrected chi connectivity index (χ0v) is 41.2. The van der Waals surface area contributed by atoms with Gasteiger partial charge in [0.15, 0.2) is 0 Å². The van der Waals surface area contributed by atoms with E-state index in [4.69, 9.17) is 7.85 Å². The fraction of sp³-hybridized carbons (Fsp3) is 0.0149. The van der Waals surface area contributed by atoms with E-state index in [-0.39, 0.29) is 0 Å². The molecule has 0 saturated heterocycles. The lowest BCUT2D eigenvalue weighted by Gasteiger charge is -2.12. The Hall–Kier alpha value is -8.89. The Balaban J connectivity index is 0.000000136. The predicted molar refractivity (Wildman–Crippen MR) is 316 cm³/mol. The maximum atomic E-state index is 4.81. The van der Waals surface area contributed by atoms with Crippen LogP contribution in [0.15, 0.2) is 267 Å². The van der Waals surface area contributed by atoms with E-state index in [1.54, 1.807) is 0 Å². The Morgan fingerprint density at radius 3 is 0.644 bits per heavy atom. The first-order valence-corrected chi connectivity index (χ1v) is 25.6. The molecule has 0 saturated carbocycles. The third-order valence-electron chi connectivity index (χ3n) is 14.3. The van der Waals surface area contributed by atoms with Gasteiger partial charge in [-0.2, -0.15) is 0 Å². The summed E-state index contributed by atoms with van der Waals surface area (Å²) in [6, 6.07) is 96.6. The van der Waals surface area contributed by atoms with Crippen molar-refractivity contribution in [1.82, 2.24) is 18.3 Å². The van der Waals surface area contributed by atoms with Crippen molar-refractivity contribution in [1.29, 1.82) is 0 Å². The summed E-state index contributed by atoms with van der Waals surface area (Å²) in [5.41, 5.74) is 17.0. The average Bonchev–Trinajstić information content (AvgIpc) is 4.19. The van der Waals surface area contributed by atoms with Crippen LogP contribution in [0.25, 0.3) is 121 Å². The topological polar surface area (TPSA) is 19.7 Å². The van der Waals surface area contributed by atoms with Crippen molar-refractivity contribution in [2.24, 2.45) is 0 Å². The Morgan fingerprint density at radius 1 is 0.233 bits per heavy atom. The van der Waals surface area contributed by atoms with Crippen molar-refractivity contribution in [3.63, 3.8) is 0 Å². The lowest BCUT2D eigenvalue weighted by molar-refractivity contribution is 1.13. The third-order valence-corrected chi connectivity index (χ3v) is 14.3. The summed E-state index contributed by atoms with van der Waals surface area (Å²) in [6.07, 6.45) is 0. The minimum Gasteiger partial charge on any atom is -0.309 e. The second-order valence-electron chi connectivity index (χ2n) is 18.3. The molecule has 2 radical (unpaired) electrons. The zero-order valence-electron chi connectivity index (χ0n) is 40.1. The van der Waals surface area contributed by atoms with E-state index in [0.29, 0.717) is 6.06 Å². The minimum atomic E-state index is 0.667. The monoisotopic (exact) mass is 950 g/mol. The van der Waals surface area contributed by atoms with Crippen molar-refractivity contribution in [3.8, 4) is 33.9 Å². The second-order valence-corrected chi connectivity index (χ2v) is 18.8. The van der Waals surface area contributed by atoms with Gasteiger partial charge in [0.2, 0.25) is 0 Å². The van der Waals surface area contributed by atoms with Crippen molar-refractivity contribution >= 4 is 104 Å². The third kappa shape index (κ3) is 7.51. The van der Waals surface area contributed by atoms with Gasteiger partial charge in [0.1, 0.15) is 0 Å². The molecule has 0 fully saturated rings. The fourth-order valence-corrected chi connectivity index (χ4v) is 11.2. The van der Waals surface area contributed by atoms with Crippen molar-refractivity contribution in [2.45, 2.75) is 0 Å². The molecule has 11 aromatic carbocycles. The van der Waals surface area contributed by atoms with Gasteiger partial charge in [0.05, 0.1) is 52.0 Å². The van der Waals surface area contributed by atoms with E-state index in [1.165, 1.54) is 121 Å². The highest BCUT2D eigenvalue weighted by molar-refractivity contribution is 7.19. The van der Waals surface area contributed by atoms with Gasteiger partial charge < -0.3 is 18.3 Å². The molecule has 1 unspecified atom stereocenters. The Kier molecular flexibility index (Phi) is 11.3. The first-order chi connectivity index (χ1) is 36.2. The highest BCUT2D eigenvalue weighted by Crippen LogP contribution is 2.37. The average molecular weight is 951 g/mol. The summed E-state index contributed by atoms with van der Waals surface area (Å²) in [7, 11) is 7.17. The molecule has 0 spiro atoms. The Labute approximate surface area is 427 Å². The number of nitrogens with zero attached hydrogens (tertiary/aromatic N) is 4. The SMILES string of the molecule is [B]CP.c1cc(-n2c3ccccc3c3ccccc32)cc(-n2c3ccccc3c3ccccc32)c1.c1ccc2c(c1)c1ccccc1n2-c1ccc(-c2ccc(-n3c4ccccc4c4ccccc43)cc2)cc1. The molecule has 6 heteroatoms. The molecule has 73 heavy (non-hydrogen) atoms. The molecule has 1 atom stereocenters. The molecule has 0 aliphatic carbocycles. The first kappa shape index (κ1) is 44.1. The number of para-hydroxylation sites is 8. The summed E-state index contributed by atoms with van der Waals surface area (Å²) in [5.74, 6) is 0. The smallest absolute Gasteiger partial charge is 0.0709 e. The maximum Gasteiger partial charge on any atom is 0.0709 e. The van der Waals surface area contributed by atoms with E-state index >= 15 is 0 Å². The normalized spacial score (nSPS) is 11.5. The number of fused-ring (bicyclic) bond motifs is 12. The largest absolute Gasteiger partial charge is 0.309 e. The number of hydrogen-bond donors (Lipinski definition) is 0. The molecule has 4 nitrogen and oxygen atoms in total. The van der Waals surface area contributed by atoms with Crippen molar-refractivity contribution in [2.75, 3.05) is 6.06 Å². The molecule has 0 bridgehead atoms. The number of aromatic nitrogens is 4. The summed E-state index contributed by atoms with van der Waals surface area (Å²) in [6.45, 7) is 0. The van der Waals surface area contributed by atoms with Crippen LogP contribution >= 0.6 is 9.24 Å². The Morgan fingerprint density at radius 2 is 0.425 bits per heavy atom. The molecule has 0 N–H and O–H groups in total. The maximum absolute atomic E-state index is 4.81. The van der Waals surface area contributed by atoms with Crippen LogP contribution in [0.4, 0.5) is 0 Å². The summed E-state index contributed by atoms with van der Waals surface area (Å²) < 4.78 is 9.48. The van der Waals surface area contributed by atoms with Gasteiger partial charge in [-0.05, 0) is 102 Å². The van der Waals surface area contributed by atoms with Gasteiger partial charge in [-0.1, -0.05) is 182 Å². The molecular formula is C67H48BN4P. The molecular weight excluding hydrogens is 903 g/mol. The molecule has 4 aromatic heterocycles. The Bertz CT molecular complexity index is 4000. The highest BCUT2D eigenvalue weighted by atomic mass is 31.0. The summed E-state index contributed by atoms with van der Waals surface area (Å²) in [5, 5.41) is 10.3. The fourth-order valence-electron chi connectivity index (χ4n) is 11.2. The van der Waals surface area contributed by atoms with E-state index in [2.05, 4.69) is 294 Å². The van der Waals surface area contributed by atoms with Gasteiger partial charge in [0.25, 0.3) is 0 Å². The molecule has 0 aliphatic rings. The number of benzene rings is 11. The van der Waals surface area contributed by atoms with Crippen LogP contribution < -0.4 is 0 Å². The quantitative estimate of drug-likeness (QED) is 0.121. The van der Waals surface area contributed by atoms with Crippen LogP contribution in [0, 0.1) is 0 Å². The lowest BCUT2D eigenvalue weighted by Crippen LogP contribution is -1.98. The summed E-state index contributed by atoms with van der Waals surface area (Å²) >= 11 is 0. The van der Waals surface area contributed by atoms with Crippen LogP contribution in [0.5, 0.6) is 0 Å². The molecule has 0 aliphatic heterocycles. The molecule has 344 valence electrons. The van der Waals surface area contributed by atoms with Crippen LogP contribution in [-0.4, -0.2) is 32.2 Å². The van der Waals surface area contributed by atoms with Crippen LogP contribution in [0.1, 0.15) is 0 Å². The molecule has 4 heterocycles. The van der Waals surface area contributed by atoms with Gasteiger partial charge in [-0.3, -0.25) is 0 Å². The molecule has 0 amide bonds. The van der Waals surface area contributed by atoms with E-state index in [0.717, 1.165) is 0 Å². The lowest BCUT2D eigenvalue weighted by atomic mass is 10.0. The second kappa shape index (κ2) is 18.7. The van der Waals surface area contributed by atoms with Crippen molar-refractivity contribution < 1.29 is 0 Å². The van der Waals surface area contributed by atoms with Gasteiger partial charge >= 0.3 is 0 Å². The van der Waals surface area contributed by atoms with Crippen LogP contribution in [-0.2, 0) is 0 Å². The predicted octanol–water partition coefficient (Wildman–Crippen LogP) is 17.4. The van der Waals surface area contributed by atoms with Gasteiger partial charge in [0, 0.05) is 65.8 Å². The minimum absolute atomic E-state index is 0.667. The van der Waals surface area contributed by atoms with E-state index in [1.807, 2.05) is 0 Å². The van der Waals surface area contributed by atoms with Crippen LogP contribution in [0.2, 0.25) is 0 Å². The molecule has 15 rings (SSSR count). The van der Waals surface area contributed by atoms with Gasteiger partial charge in [-0.15, -0.1) is 9.24 Å². The summed E-state index contributed by atoms with van der Waals surface area (Å²) in [4.78, 5) is 0. The van der Waals surface area contributed by atoms with E-state index < -0.39 is 0 Å². The zero-order chi connectivity index (χ0) is 48.8. The van der Waals surface area contributed by atoms with Crippen LogP contribution in [0.3, 0.4) is 0 Å². The number of hydrogen-bond acceptors (Lipinski definition) is 0.